The highest BCUT2D eigenvalue weighted by molar-refractivity contribution is 6.05. The van der Waals surface area contributed by atoms with Gasteiger partial charge in [-0.2, -0.15) is 0 Å². The average molecular weight is 299 g/mol. The first-order valence-corrected chi connectivity index (χ1v) is 8.54. The first-order valence-electron chi connectivity index (χ1n) is 8.54. The third-order valence-electron chi connectivity index (χ3n) is 4.60. The van der Waals surface area contributed by atoms with Crippen molar-refractivity contribution in [3.63, 3.8) is 0 Å². The summed E-state index contributed by atoms with van der Waals surface area (Å²) in [5.74, 6) is 1.10. The number of carbonyl (C=O) groups is 1. The number of hydrogen-bond acceptors (Lipinski definition) is 3. The van der Waals surface area contributed by atoms with Gasteiger partial charge in [0.2, 0.25) is 0 Å². The lowest BCUT2D eigenvalue weighted by molar-refractivity contribution is 0.0895. The third-order valence-corrected chi connectivity index (χ3v) is 4.60. The van der Waals surface area contributed by atoms with Gasteiger partial charge in [0, 0.05) is 17.7 Å². The SMILES string of the molecule is CC.O=C(c1c(C2CC2)ccn2cncc12)C1CCNCC1. The number of hydrogen-bond donors (Lipinski definition) is 1. The zero-order chi connectivity index (χ0) is 15.5. The van der Waals surface area contributed by atoms with Crippen LogP contribution < -0.4 is 5.32 Å². The number of imidazole rings is 1. The summed E-state index contributed by atoms with van der Waals surface area (Å²) in [6, 6.07) is 2.13. The van der Waals surface area contributed by atoms with Crippen LogP contribution in [0.4, 0.5) is 0 Å². The topological polar surface area (TPSA) is 46.4 Å². The molecule has 4 heteroatoms. The number of piperidine rings is 1. The second-order valence-electron chi connectivity index (χ2n) is 6.00. The molecule has 118 valence electrons. The van der Waals surface area contributed by atoms with Gasteiger partial charge in [0.25, 0.3) is 0 Å². The maximum absolute atomic E-state index is 13.0. The summed E-state index contributed by atoms with van der Waals surface area (Å²) in [7, 11) is 0. The Morgan fingerprint density at radius 3 is 2.64 bits per heavy atom. The average Bonchev–Trinajstić information content (AvgIpc) is 3.33. The highest BCUT2D eigenvalue weighted by Gasteiger charge is 2.32. The Morgan fingerprint density at radius 1 is 1.23 bits per heavy atom. The molecule has 0 radical (unpaired) electrons. The van der Waals surface area contributed by atoms with Crippen LogP contribution in [0, 0.1) is 5.92 Å². The second kappa shape index (κ2) is 6.61. The van der Waals surface area contributed by atoms with Crippen molar-refractivity contribution in [2.45, 2.75) is 45.4 Å². The molecule has 0 aromatic carbocycles. The lowest BCUT2D eigenvalue weighted by Crippen LogP contribution is -2.32. The number of nitrogens with one attached hydrogen (secondary N) is 1. The molecule has 2 aromatic rings. The van der Waals surface area contributed by atoms with E-state index in [0.717, 1.165) is 37.0 Å². The van der Waals surface area contributed by atoms with Crippen LogP contribution in [0.25, 0.3) is 5.52 Å². The molecule has 0 amide bonds. The number of fused-ring (bicyclic) bond motifs is 1. The van der Waals surface area contributed by atoms with Gasteiger partial charge in [-0.3, -0.25) is 4.79 Å². The molecule has 2 aliphatic rings. The molecule has 3 heterocycles. The molecule has 0 bridgehead atoms. The largest absolute Gasteiger partial charge is 0.317 e. The maximum Gasteiger partial charge on any atom is 0.168 e. The molecule has 2 fully saturated rings. The van der Waals surface area contributed by atoms with Crippen molar-refractivity contribution < 1.29 is 4.79 Å². The number of rotatable bonds is 3. The van der Waals surface area contributed by atoms with Crippen molar-refractivity contribution in [1.82, 2.24) is 14.7 Å². The van der Waals surface area contributed by atoms with E-state index in [2.05, 4.69) is 16.4 Å². The second-order valence-corrected chi connectivity index (χ2v) is 6.00. The number of aromatic nitrogens is 2. The molecule has 1 N–H and O–H groups in total. The van der Waals surface area contributed by atoms with E-state index in [1.807, 2.05) is 30.6 Å². The summed E-state index contributed by atoms with van der Waals surface area (Å²) in [6.45, 7) is 5.91. The van der Waals surface area contributed by atoms with Gasteiger partial charge >= 0.3 is 0 Å². The van der Waals surface area contributed by atoms with Gasteiger partial charge in [-0.1, -0.05) is 13.8 Å². The first-order chi connectivity index (χ1) is 10.8. The predicted octanol–water partition coefficient (Wildman–Crippen LogP) is 3.42. The van der Waals surface area contributed by atoms with E-state index < -0.39 is 0 Å². The molecule has 2 aromatic heterocycles. The van der Waals surface area contributed by atoms with Crippen LogP contribution in [0.5, 0.6) is 0 Å². The Kier molecular flexibility index (Phi) is 4.57. The highest BCUT2D eigenvalue weighted by Crippen LogP contribution is 2.43. The van der Waals surface area contributed by atoms with E-state index >= 15 is 0 Å². The van der Waals surface area contributed by atoms with Crippen molar-refractivity contribution in [2.24, 2.45) is 5.92 Å². The lowest BCUT2D eigenvalue weighted by Gasteiger charge is -2.23. The molecule has 22 heavy (non-hydrogen) atoms. The van der Waals surface area contributed by atoms with Gasteiger partial charge in [-0.25, -0.2) is 4.98 Å². The van der Waals surface area contributed by atoms with Crippen LogP contribution in [0.3, 0.4) is 0 Å². The van der Waals surface area contributed by atoms with Crippen LogP contribution in [-0.4, -0.2) is 28.3 Å². The number of carbonyl (C=O) groups excluding carboxylic acids is 1. The number of Topliss-reactive ketones (excluding diaryl/α,β-unsaturated/α-hetero) is 1. The van der Waals surface area contributed by atoms with Gasteiger partial charge in [0.15, 0.2) is 5.78 Å². The van der Waals surface area contributed by atoms with Gasteiger partial charge in [-0.05, 0) is 56.3 Å². The number of nitrogens with zero attached hydrogens (tertiary/aromatic N) is 2. The first kappa shape index (κ1) is 15.2. The van der Waals surface area contributed by atoms with Gasteiger partial charge in [0.05, 0.1) is 18.0 Å². The summed E-state index contributed by atoms with van der Waals surface area (Å²) >= 11 is 0. The lowest BCUT2D eigenvalue weighted by atomic mass is 9.87. The zero-order valence-electron chi connectivity index (χ0n) is 13.5. The third kappa shape index (κ3) is 2.80. The molecular weight excluding hydrogens is 274 g/mol. The predicted molar refractivity (Wildman–Crippen MR) is 88.4 cm³/mol. The van der Waals surface area contributed by atoms with Crippen LogP contribution >= 0.6 is 0 Å². The van der Waals surface area contributed by atoms with E-state index in [9.17, 15) is 4.79 Å². The van der Waals surface area contributed by atoms with E-state index in [0.29, 0.717) is 11.7 Å². The molecule has 1 saturated carbocycles. The maximum atomic E-state index is 13.0. The van der Waals surface area contributed by atoms with E-state index in [1.54, 1.807) is 6.33 Å². The van der Waals surface area contributed by atoms with Crippen molar-refractivity contribution in [3.05, 3.63) is 35.9 Å². The number of pyridine rings is 1. The standard InChI is InChI=1S/C16H19N3O.C2H6/c20-16(12-3-6-17-7-4-12)15-13(11-1-2-11)5-8-19-10-18-9-14(15)19;1-2/h5,8-12,17H,1-4,6-7H2;1-2H3. The van der Waals surface area contributed by atoms with Crippen LogP contribution in [0.15, 0.2) is 24.8 Å². The van der Waals surface area contributed by atoms with E-state index in [1.165, 1.54) is 18.4 Å². The van der Waals surface area contributed by atoms with E-state index in [-0.39, 0.29) is 5.92 Å². The molecule has 4 nitrogen and oxygen atoms in total. The van der Waals surface area contributed by atoms with Crippen LogP contribution in [-0.2, 0) is 0 Å². The Labute approximate surface area is 131 Å². The molecule has 0 unspecified atom stereocenters. The Morgan fingerprint density at radius 2 is 1.95 bits per heavy atom. The fourth-order valence-corrected chi connectivity index (χ4v) is 3.30. The Hall–Kier alpha value is -1.68. The fraction of sp³-hybridized carbons (Fsp3) is 0.556. The smallest absolute Gasteiger partial charge is 0.168 e. The zero-order valence-corrected chi connectivity index (χ0v) is 13.5. The molecule has 1 aliphatic carbocycles. The van der Waals surface area contributed by atoms with Crippen molar-refractivity contribution in [3.8, 4) is 0 Å². The summed E-state index contributed by atoms with van der Waals surface area (Å²) in [6.07, 6.45) is 10.0. The quantitative estimate of drug-likeness (QED) is 0.883. The van der Waals surface area contributed by atoms with Crippen LogP contribution in [0.2, 0.25) is 0 Å². The van der Waals surface area contributed by atoms with Gasteiger partial charge in [-0.15, -0.1) is 0 Å². The molecular formula is C18H25N3O. The summed E-state index contributed by atoms with van der Waals surface area (Å²) in [4.78, 5) is 17.2. The van der Waals surface area contributed by atoms with Gasteiger partial charge in [0.1, 0.15) is 0 Å². The van der Waals surface area contributed by atoms with E-state index in [4.69, 9.17) is 0 Å². The minimum atomic E-state index is 0.176. The summed E-state index contributed by atoms with van der Waals surface area (Å²) < 4.78 is 1.97. The number of ketones is 1. The Bertz CT molecular complexity index is 651. The molecule has 4 rings (SSSR count). The fourth-order valence-electron chi connectivity index (χ4n) is 3.30. The molecule has 1 aliphatic heterocycles. The highest BCUT2D eigenvalue weighted by atomic mass is 16.1. The minimum Gasteiger partial charge on any atom is -0.317 e. The summed E-state index contributed by atoms with van der Waals surface area (Å²) in [5.41, 5.74) is 3.18. The molecule has 0 spiro atoms. The summed E-state index contributed by atoms with van der Waals surface area (Å²) in [5, 5.41) is 3.33. The van der Waals surface area contributed by atoms with Crippen molar-refractivity contribution in [1.29, 1.82) is 0 Å². The normalized spacial score (nSPS) is 18.8. The monoisotopic (exact) mass is 299 g/mol. The van der Waals surface area contributed by atoms with Gasteiger partial charge < -0.3 is 9.72 Å². The Balaban J connectivity index is 0.000000693. The molecule has 0 atom stereocenters. The minimum absolute atomic E-state index is 0.176. The van der Waals surface area contributed by atoms with Crippen LogP contribution in [0.1, 0.15) is 61.4 Å². The van der Waals surface area contributed by atoms with Crippen molar-refractivity contribution in [2.75, 3.05) is 13.1 Å². The van der Waals surface area contributed by atoms with Crippen molar-refractivity contribution >= 4 is 11.3 Å². The molecule has 1 saturated heterocycles.